The molecule has 1 aromatic heterocycles. The van der Waals surface area contributed by atoms with Crippen LogP contribution in [-0.2, 0) is 5.54 Å². The van der Waals surface area contributed by atoms with Crippen molar-refractivity contribution in [2.75, 3.05) is 47.4 Å². The van der Waals surface area contributed by atoms with E-state index in [9.17, 15) is 0 Å². The number of tetrazole rings is 1. The van der Waals surface area contributed by atoms with E-state index in [0.717, 1.165) is 55.5 Å². The summed E-state index contributed by atoms with van der Waals surface area (Å²) in [5, 5.41) is 12.9. The third-order valence-corrected chi connectivity index (χ3v) is 5.81. The summed E-state index contributed by atoms with van der Waals surface area (Å²) < 4.78 is 13.2. The van der Waals surface area contributed by atoms with Crippen molar-refractivity contribution < 1.29 is 9.47 Å². The fourth-order valence-corrected chi connectivity index (χ4v) is 3.58. The Morgan fingerprint density at radius 2 is 1.82 bits per heavy atom. The second-order valence-electron chi connectivity index (χ2n) is 7.96. The Bertz CT molecular complexity index is 783. The van der Waals surface area contributed by atoms with Crippen LogP contribution in [-0.4, -0.2) is 77.5 Å². The highest BCUT2D eigenvalue weighted by atomic mass is 16.5. The summed E-state index contributed by atoms with van der Waals surface area (Å²) in [7, 11) is 5.54. The Morgan fingerprint density at radius 3 is 2.43 bits per heavy atom. The van der Waals surface area contributed by atoms with Gasteiger partial charge in [0.15, 0.2) is 5.82 Å². The zero-order chi connectivity index (χ0) is 20.3. The Labute approximate surface area is 167 Å². The minimum absolute atomic E-state index is 0.112. The predicted octanol–water partition coefficient (Wildman–Crippen LogP) is 2.17. The number of piperazine rings is 1. The second-order valence-corrected chi connectivity index (χ2v) is 7.96. The number of nitrogens with zero attached hydrogens (tertiary/aromatic N) is 6. The molecule has 1 saturated heterocycles. The van der Waals surface area contributed by atoms with Gasteiger partial charge in [-0.3, -0.25) is 4.90 Å². The highest BCUT2D eigenvalue weighted by Gasteiger charge is 2.35. The monoisotopic (exact) mass is 388 g/mol. The lowest BCUT2D eigenvalue weighted by molar-refractivity contribution is 0.116. The highest BCUT2D eigenvalue weighted by Crippen LogP contribution is 2.38. The molecule has 2 heterocycles. The zero-order valence-corrected chi connectivity index (χ0v) is 17.8. The van der Waals surface area contributed by atoms with Gasteiger partial charge in [-0.25, -0.2) is 4.68 Å². The molecule has 0 N–H and O–H groups in total. The van der Waals surface area contributed by atoms with Crippen molar-refractivity contribution >= 4 is 0 Å². The molecule has 1 atom stereocenters. The van der Waals surface area contributed by atoms with E-state index in [1.165, 1.54) is 0 Å². The highest BCUT2D eigenvalue weighted by molar-refractivity contribution is 5.44. The van der Waals surface area contributed by atoms with Gasteiger partial charge in [-0.2, -0.15) is 0 Å². The molecule has 0 bridgehead atoms. The maximum atomic E-state index is 5.72. The standard InChI is InChI=1S/C20H32N6O2/c1-7-20(2,3)26-19(21-22-23-26)18(25-12-10-24(4)11-13-25)16-14-15(27-5)8-9-17(16)28-6/h8-9,14,18H,7,10-13H2,1-6H3. The first kappa shape index (κ1) is 20.5. The van der Waals surface area contributed by atoms with Crippen LogP contribution in [0.5, 0.6) is 11.5 Å². The first-order valence-electron chi connectivity index (χ1n) is 9.84. The molecule has 8 nitrogen and oxygen atoms in total. The molecule has 28 heavy (non-hydrogen) atoms. The van der Waals surface area contributed by atoms with Crippen molar-refractivity contribution in [3.8, 4) is 11.5 Å². The van der Waals surface area contributed by atoms with Gasteiger partial charge in [0.2, 0.25) is 0 Å². The SMILES string of the molecule is CCC(C)(C)n1nnnc1C(c1cc(OC)ccc1OC)N1CCN(C)CC1. The van der Waals surface area contributed by atoms with Crippen molar-refractivity contribution in [3.05, 3.63) is 29.6 Å². The van der Waals surface area contributed by atoms with Crippen molar-refractivity contribution in [2.24, 2.45) is 0 Å². The van der Waals surface area contributed by atoms with Gasteiger partial charge in [0.05, 0.1) is 19.8 Å². The smallest absolute Gasteiger partial charge is 0.173 e. The van der Waals surface area contributed by atoms with Gasteiger partial charge in [0.1, 0.15) is 17.5 Å². The third-order valence-electron chi connectivity index (χ3n) is 5.81. The van der Waals surface area contributed by atoms with E-state index >= 15 is 0 Å². The Kier molecular flexibility index (Phi) is 6.20. The molecular weight excluding hydrogens is 356 g/mol. The molecule has 0 spiro atoms. The lowest BCUT2D eigenvalue weighted by Crippen LogP contribution is -2.47. The Balaban J connectivity index is 2.14. The molecule has 1 aliphatic heterocycles. The van der Waals surface area contributed by atoms with Gasteiger partial charge in [0, 0.05) is 31.7 Å². The molecule has 0 radical (unpaired) electrons. The molecule has 8 heteroatoms. The summed E-state index contributed by atoms with van der Waals surface area (Å²) >= 11 is 0. The zero-order valence-electron chi connectivity index (χ0n) is 17.8. The minimum Gasteiger partial charge on any atom is -0.497 e. The fraction of sp³-hybridized carbons (Fsp3) is 0.650. The summed E-state index contributed by atoms with van der Waals surface area (Å²) in [6.07, 6.45) is 0.926. The maximum Gasteiger partial charge on any atom is 0.173 e. The molecule has 154 valence electrons. The van der Waals surface area contributed by atoms with E-state index in [0.29, 0.717) is 0 Å². The molecule has 3 rings (SSSR count). The molecular formula is C20H32N6O2. The Morgan fingerprint density at radius 1 is 1.11 bits per heavy atom. The quantitative estimate of drug-likeness (QED) is 0.720. The van der Waals surface area contributed by atoms with E-state index < -0.39 is 0 Å². The van der Waals surface area contributed by atoms with Crippen LogP contribution in [0.1, 0.15) is 44.6 Å². The number of hydrogen-bond donors (Lipinski definition) is 0. The van der Waals surface area contributed by atoms with Crippen LogP contribution in [0.25, 0.3) is 0 Å². The van der Waals surface area contributed by atoms with Crippen LogP contribution in [0.2, 0.25) is 0 Å². The summed E-state index contributed by atoms with van der Waals surface area (Å²) in [6.45, 7) is 10.3. The Hall–Kier alpha value is -2.19. The number of benzene rings is 1. The molecule has 0 aliphatic carbocycles. The molecule has 1 unspecified atom stereocenters. The van der Waals surface area contributed by atoms with Crippen LogP contribution in [0.3, 0.4) is 0 Å². The average Bonchev–Trinajstić information content (AvgIpc) is 3.20. The van der Waals surface area contributed by atoms with Gasteiger partial charge < -0.3 is 14.4 Å². The fourth-order valence-electron chi connectivity index (χ4n) is 3.58. The summed E-state index contributed by atoms with van der Waals surface area (Å²) in [5.41, 5.74) is 0.838. The molecule has 1 aromatic carbocycles. The number of rotatable bonds is 7. The topological polar surface area (TPSA) is 68.5 Å². The summed E-state index contributed by atoms with van der Waals surface area (Å²) in [4.78, 5) is 4.78. The molecule has 0 saturated carbocycles. The number of hydrogen-bond acceptors (Lipinski definition) is 7. The minimum atomic E-state index is -0.185. The van der Waals surface area contributed by atoms with Crippen molar-refractivity contribution in [3.63, 3.8) is 0 Å². The largest absolute Gasteiger partial charge is 0.497 e. The average molecular weight is 389 g/mol. The number of aromatic nitrogens is 4. The number of likely N-dealkylation sites (N-methyl/N-ethyl adjacent to an activating group) is 1. The lowest BCUT2D eigenvalue weighted by Gasteiger charge is -2.39. The third kappa shape index (κ3) is 3.98. The summed E-state index contributed by atoms with van der Waals surface area (Å²) in [5.74, 6) is 2.44. The van der Waals surface area contributed by atoms with E-state index in [1.807, 2.05) is 22.9 Å². The van der Waals surface area contributed by atoms with Crippen LogP contribution in [0.4, 0.5) is 0 Å². The predicted molar refractivity (Wildman–Crippen MR) is 108 cm³/mol. The molecule has 0 amide bonds. The van der Waals surface area contributed by atoms with Gasteiger partial charge in [-0.05, 0) is 55.9 Å². The molecule has 1 aliphatic rings. The second kappa shape index (κ2) is 8.45. The van der Waals surface area contributed by atoms with E-state index in [1.54, 1.807) is 14.2 Å². The van der Waals surface area contributed by atoms with Crippen LogP contribution < -0.4 is 9.47 Å². The van der Waals surface area contributed by atoms with E-state index in [2.05, 4.69) is 53.1 Å². The first-order valence-corrected chi connectivity index (χ1v) is 9.84. The van der Waals surface area contributed by atoms with Crippen molar-refractivity contribution in [2.45, 2.75) is 38.8 Å². The van der Waals surface area contributed by atoms with Gasteiger partial charge >= 0.3 is 0 Å². The van der Waals surface area contributed by atoms with Crippen LogP contribution >= 0.6 is 0 Å². The van der Waals surface area contributed by atoms with E-state index in [4.69, 9.17) is 9.47 Å². The molecule has 2 aromatic rings. The lowest BCUT2D eigenvalue weighted by atomic mass is 9.98. The number of ether oxygens (including phenoxy) is 2. The van der Waals surface area contributed by atoms with Gasteiger partial charge in [-0.15, -0.1) is 5.10 Å². The van der Waals surface area contributed by atoms with Crippen molar-refractivity contribution in [1.82, 2.24) is 30.0 Å². The number of methoxy groups -OCH3 is 2. The molecule has 1 fully saturated rings. The maximum absolute atomic E-state index is 5.72. The van der Waals surface area contributed by atoms with Crippen LogP contribution in [0, 0.1) is 0 Å². The normalized spacial score (nSPS) is 17.5. The van der Waals surface area contributed by atoms with E-state index in [-0.39, 0.29) is 11.6 Å². The van der Waals surface area contributed by atoms with Crippen molar-refractivity contribution in [1.29, 1.82) is 0 Å². The van der Waals surface area contributed by atoms with Gasteiger partial charge in [0.25, 0.3) is 0 Å². The summed E-state index contributed by atoms with van der Waals surface area (Å²) in [6, 6.07) is 5.80. The first-order chi connectivity index (χ1) is 13.4. The van der Waals surface area contributed by atoms with Gasteiger partial charge in [-0.1, -0.05) is 6.92 Å². The van der Waals surface area contributed by atoms with Crippen LogP contribution in [0.15, 0.2) is 18.2 Å².